The van der Waals surface area contributed by atoms with Crippen LogP contribution >= 0.6 is 0 Å². The van der Waals surface area contributed by atoms with E-state index in [1.165, 1.54) is 10.3 Å². The summed E-state index contributed by atoms with van der Waals surface area (Å²) in [5.74, 6) is 1.78. The number of hydrogen-bond acceptors (Lipinski definition) is 7. The van der Waals surface area contributed by atoms with Crippen molar-refractivity contribution in [2.24, 2.45) is 0 Å². The Morgan fingerprint density at radius 1 is 0.913 bits per heavy atom. The van der Waals surface area contributed by atoms with Gasteiger partial charge in [-0.15, -0.1) is 14.8 Å². The highest BCUT2D eigenvalue weighted by Crippen LogP contribution is 2.22. The first-order valence-electron chi connectivity index (χ1n) is 7.53. The molecule has 8 nitrogen and oxygen atoms in total. The molecule has 4 rings (SSSR count). The van der Waals surface area contributed by atoms with Gasteiger partial charge in [-0.25, -0.2) is 0 Å². The van der Waals surface area contributed by atoms with Crippen LogP contribution in [0.4, 0.5) is 11.5 Å². The number of benzene rings is 1. The number of aromatic nitrogens is 5. The highest BCUT2D eigenvalue weighted by atomic mass is 16.5. The van der Waals surface area contributed by atoms with Gasteiger partial charge in [0.1, 0.15) is 5.75 Å². The molecule has 0 radical (unpaired) electrons. The van der Waals surface area contributed by atoms with Gasteiger partial charge < -0.3 is 14.5 Å². The van der Waals surface area contributed by atoms with Crippen molar-refractivity contribution in [1.82, 2.24) is 25.3 Å². The Morgan fingerprint density at radius 2 is 1.65 bits per heavy atom. The van der Waals surface area contributed by atoms with E-state index in [0.717, 1.165) is 37.7 Å². The number of hydrogen-bond donors (Lipinski definition) is 0. The maximum atomic E-state index is 5.21. The van der Waals surface area contributed by atoms with Crippen LogP contribution in [0.2, 0.25) is 0 Å². The van der Waals surface area contributed by atoms with Crippen molar-refractivity contribution in [3.8, 4) is 5.75 Å². The van der Waals surface area contributed by atoms with Crippen LogP contribution in [0.3, 0.4) is 0 Å². The minimum atomic E-state index is 0.658. The Bertz CT molecular complexity index is 793. The highest BCUT2D eigenvalue weighted by molar-refractivity contribution is 5.52. The summed E-state index contributed by atoms with van der Waals surface area (Å²) in [6, 6.07) is 12.0. The Morgan fingerprint density at radius 3 is 2.39 bits per heavy atom. The van der Waals surface area contributed by atoms with Gasteiger partial charge in [0.05, 0.1) is 7.11 Å². The maximum Gasteiger partial charge on any atom is 0.200 e. The van der Waals surface area contributed by atoms with Crippen LogP contribution in [-0.2, 0) is 0 Å². The number of tetrazole rings is 1. The number of anilines is 2. The minimum Gasteiger partial charge on any atom is -0.497 e. The van der Waals surface area contributed by atoms with Crippen molar-refractivity contribution in [3.05, 3.63) is 36.4 Å². The monoisotopic (exact) mass is 311 g/mol. The summed E-state index contributed by atoms with van der Waals surface area (Å²) in [6.07, 6.45) is 0. The molecule has 8 heteroatoms. The second-order valence-corrected chi connectivity index (χ2v) is 5.39. The molecule has 0 unspecified atom stereocenters. The lowest BCUT2D eigenvalue weighted by Crippen LogP contribution is -2.47. The summed E-state index contributed by atoms with van der Waals surface area (Å²) < 4.78 is 6.67. The molecule has 0 atom stereocenters. The molecule has 0 bridgehead atoms. The molecule has 23 heavy (non-hydrogen) atoms. The van der Waals surface area contributed by atoms with Gasteiger partial charge in [-0.05, 0) is 46.8 Å². The second-order valence-electron chi connectivity index (χ2n) is 5.39. The summed E-state index contributed by atoms with van der Waals surface area (Å²) in [4.78, 5) is 4.62. The molecule has 0 saturated carbocycles. The third-order valence-corrected chi connectivity index (χ3v) is 4.10. The van der Waals surface area contributed by atoms with Crippen molar-refractivity contribution >= 4 is 17.2 Å². The largest absolute Gasteiger partial charge is 0.497 e. The van der Waals surface area contributed by atoms with E-state index in [2.05, 4.69) is 42.6 Å². The van der Waals surface area contributed by atoms with E-state index in [0.29, 0.717) is 5.65 Å². The van der Waals surface area contributed by atoms with Crippen molar-refractivity contribution in [3.63, 3.8) is 0 Å². The Labute approximate surface area is 133 Å². The van der Waals surface area contributed by atoms with Crippen LogP contribution in [0.25, 0.3) is 5.65 Å². The second kappa shape index (κ2) is 5.71. The molecule has 3 heterocycles. The predicted octanol–water partition coefficient (Wildman–Crippen LogP) is 0.854. The molecule has 0 N–H and O–H groups in total. The van der Waals surface area contributed by atoms with E-state index in [1.807, 2.05) is 24.3 Å². The van der Waals surface area contributed by atoms with E-state index in [-0.39, 0.29) is 0 Å². The first kappa shape index (κ1) is 13.7. The molecule has 1 aliphatic heterocycles. The van der Waals surface area contributed by atoms with Gasteiger partial charge in [-0.1, -0.05) is 0 Å². The fourth-order valence-electron chi connectivity index (χ4n) is 2.80. The molecule has 0 spiro atoms. The van der Waals surface area contributed by atoms with E-state index >= 15 is 0 Å². The highest BCUT2D eigenvalue weighted by Gasteiger charge is 2.19. The third-order valence-electron chi connectivity index (χ3n) is 4.10. The lowest BCUT2D eigenvalue weighted by Gasteiger charge is -2.36. The molecule has 2 aromatic heterocycles. The van der Waals surface area contributed by atoms with Crippen molar-refractivity contribution in [1.29, 1.82) is 0 Å². The topological polar surface area (TPSA) is 71.7 Å². The molecular weight excluding hydrogens is 294 g/mol. The summed E-state index contributed by atoms with van der Waals surface area (Å²) in [5.41, 5.74) is 1.87. The lowest BCUT2D eigenvalue weighted by atomic mass is 10.2. The average molecular weight is 311 g/mol. The summed E-state index contributed by atoms with van der Waals surface area (Å²) in [6.45, 7) is 3.71. The Balaban J connectivity index is 1.45. The smallest absolute Gasteiger partial charge is 0.200 e. The molecular formula is C15H17N7O. The number of nitrogens with zero attached hydrogens (tertiary/aromatic N) is 7. The zero-order chi connectivity index (χ0) is 15.6. The van der Waals surface area contributed by atoms with Gasteiger partial charge in [0.25, 0.3) is 0 Å². The number of rotatable bonds is 3. The average Bonchev–Trinajstić information content (AvgIpc) is 3.10. The summed E-state index contributed by atoms with van der Waals surface area (Å²) in [7, 11) is 1.68. The van der Waals surface area contributed by atoms with Crippen LogP contribution in [0.5, 0.6) is 5.75 Å². The van der Waals surface area contributed by atoms with Crippen molar-refractivity contribution in [2.75, 3.05) is 43.1 Å². The van der Waals surface area contributed by atoms with Gasteiger partial charge in [0.2, 0.25) is 0 Å². The standard InChI is InChI=1S/C15H17N7O/c1-23-13-4-2-12(3-5-13)20-8-10-21(11-9-20)15-7-6-14-16-18-19-22(14)17-15/h2-7H,8-11H2,1H3. The molecule has 1 aliphatic rings. The van der Waals surface area contributed by atoms with Gasteiger partial charge in [-0.2, -0.15) is 0 Å². The molecule has 0 aliphatic carbocycles. The van der Waals surface area contributed by atoms with Gasteiger partial charge in [-0.3, -0.25) is 0 Å². The first-order chi connectivity index (χ1) is 11.3. The van der Waals surface area contributed by atoms with Crippen molar-refractivity contribution in [2.45, 2.75) is 0 Å². The minimum absolute atomic E-state index is 0.658. The van der Waals surface area contributed by atoms with Crippen LogP contribution in [-0.4, -0.2) is 58.5 Å². The molecule has 1 fully saturated rings. The van der Waals surface area contributed by atoms with Crippen LogP contribution in [0.1, 0.15) is 0 Å². The number of ether oxygens (including phenoxy) is 1. The lowest BCUT2D eigenvalue weighted by molar-refractivity contribution is 0.415. The summed E-state index contributed by atoms with van der Waals surface area (Å²) in [5, 5.41) is 15.8. The molecule has 118 valence electrons. The number of methoxy groups -OCH3 is 1. The van der Waals surface area contributed by atoms with E-state index in [9.17, 15) is 0 Å². The van der Waals surface area contributed by atoms with Gasteiger partial charge in [0.15, 0.2) is 11.5 Å². The van der Waals surface area contributed by atoms with Crippen LogP contribution in [0, 0.1) is 0 Å². The van der Waals surface area contributed by atoms with Crippen LogP contribution in [0.15, 0.2) is 36.4 Å². The van der Waals surface area contributed by atoms with E-state index in [1.54, 1.807) is 7.11 Å². The number of piperazine rings is 1. The Hall–Kier alpha value is -2.90. The molecule has 1 saturated heterocycles. The fraction of sp³-hybridized carbons (Fsp3) is 0.333. The molecule has 1 aromatic carbocycles. The zero-order valence-electron chi connectivity index (χ0n) is 12.8. The van der Waals surface area contributed by atoms with Gasteiger partial charge >= 0.3 is 0 Å². The quantitative estimate of drug-likeness (QED) is 0.710. The normalized spacial score (nSPS) is 15.2. The molecule has 3 aromatic rings. The van der Waals surface area contributed by atoms with Crippen LogP contribution < -0.4 is 14.5 Å². The SMILES string of the molecule is COc1ccc(N2CCN(c3ccc4nnnn4n3)CC2)cc1. The van der Waals surface area contributed by atoms with Crippen molar-refractivity contribution < 1.29 is 4.74 Å². The van der Waals surface area contributed by atoms with E-state index in [4.69, 9.17) is 4.74 Å². The zero-order valence-corrected chi connectivity index (χ0v) is 12.8. The first-order valence-corrected chi connectivity index (χ1v) is 7.53. The summed E-state index contributed by atoms with van der Waals surface area (Å²) >= 11 is 0. The maximum absolute atomic E-state index is 5.21. The van der Waals surface area contributed by atoms with E-state index < -0.39 is 0 Å². The molecule has 0 amide bonds. The Kier molecular flexibility index (Phi) is 3.41. The number of fused-ring (bicyclic) bond motifs is 1. The fourth-order valence-corrected chi connectivity index (χ4v) is 2.80. The predicted molar refractivity (Wildman–Crippen MR) is 86.0 cm³/mol. The third kappa shape index (κ3) is 2.63. The van der Waals surface area contributed by atoms with Gasteiger partial charge in [0, 0.05) is 31.9 Å².